The van der Waals surface area contributed by atoms with Crippen molar-refractivity contribution in [1.29, 1.82) is 0 Å². The maximum Gasteiger partial charge on any atom is 0.414 e. The second-order valence-corrected chi connectivity index (χ2v) is 32.8. The molecule has 13 nitrogen and oxygen atoms in total. The van der Waals surface area contributed by atoms with Gasteiger partial charge < -0.3 is 45.5 Å². The van der Waals surface area contributed by atoms with Crippen LogP contribution >= 0.6 is 0 Å². The van der Waals surface area contributed by atoms with Gasteiger partial charge in [-0.2, -0.15) is 0 Å². The average molecular weight is 1080 g/mol. The summed E-state index contributed by atoms with van der Waals surface area (Å²) in [5, 5.41) is 16.3. The molecule has 0 heterocycles. The predicted molar refractivity (Wildman–Crippen MR) is 317 cm³/mol. The Morgan fingerprint density at radius 1 is 0.560 bits per heavy atom. The predicted octanol–water partition coefficient (Wildman–Crippen LogP) is 14.6. The fourth-order valence-corrected chi connectivity index (χ4v) is 19.4. The molecule has 75 heavy (non-hydrogen) atoms. The van der Waals surface area contributed by atoms with E-state index in [9.17, 15) is 19.2 Å². The van der Waals surface area contributed by atoms with Crippen LogP contribution in [0.2, 0.25) is 38.3 Å². The van der Waals surface area contributed by atoms with Gasteiger partial charge in [-0.3, -0.25) is 4.79 Å². The van der Waals surface area contributed by atoms with Crippen molar-refractivity contribution in [2.45, 2.75) is 229 Å². The highest BCUT2D eigenvalue weighted by Gasteiger charge is 2.32. The number of ether oxygens (including phenoxy) is 2. The SMILES string of the molecule is CC1CCC(CC2CCC(C)CC2)CC1.CCCCCCCC.CNCCC[Si](C)(C)O[Si](C)(C)CCCNC(=O)NCNC(=O)Oc1c(C)cc(C(C)(C)c2cc(C)c(OC(=O)NCNC(C)=O)c(C)c2)cc1C. The first-order valence-electron chi connectivity index (χ1n) is 29.1. The number of hydrogen-bond donors (Lipinski definition) is 6. The van der Waals surface area contributed by atoms with E-state index in [0.29, 0.717) is 18.0 Å². The molecule has 6 N–H and O–H groups in total. The zero-order valence-electron chi connectivity index (χ0n) is 50.2. The van der Waals surface area contributed by atoms with Crippen molar-refractivity contribution in [3.8, 4) is 11.5 Å². The van der Waals surface area contributed by atoms with E-state index in [1.165, 1.54) is 96.8 Å². The first-order chi connectivity index (χ1) is 35.3. The molecular formula is C60H108N6O7Si2. The molecule has 0 aliphatic heterocycles. The standard InChI is InChI=1S/C37H62N6O7Si2.C15H28.C8H18/c1-25-19-30(20-26(2)32(25)48-35(46)42-23-40-29(5)44)37(6,7)31-21-27(3)33(28(4)22-31)49-36(47)43-24-41-34(45)39-16-14-18-52(11,12)50-51(9,10)17-13-15-38-8;1-12-3-7-14(8-4-12)11-15-9-5-13(2)6-10-15;1-3-5-7-8-6-4-2/h19-22,38H,13-18,23-24H2,1-12H3,(H,40,44)(H,42,46)(H,43,47)(H2,39,41,45);12-15H,3-11H2,1-2H3;3-8H2,1-2H3. The van der Waals surface area contributed by atoms with E-state index in [4.69, 9.17) is 13.6 Å². The molecule has 0 unspecified atom stereocenters. The molecule has 2 aliphatic rings. The van der Waals surface area contributed by atoms with Crippen molar-refractivity contribution in [2.75, 3.05) is 33.5 Å². The quantitative estimate of drug-likeness (QED) is 0.0324. The molecule has 2 aromatic rings. The number of benzene rings is 2. The van der Waals surface area contributed by atoms with Gasteiger partial charge in [-0.05, 0) is 156 Å². The molecule has 2 aromatic carbocycles. The molecule has 4 rings (SSSR count). The minimum Gasteiger partial charge on any atom is -0.455 e. The topological polar surface area (TPSA) is 168 Å². The summed E-state index contributed by atoms with van der Waals surface area (Å²) in [6, 6.07) is 9.69. The lowest BCUT2D eigenvalue weighted by Gasteiger charge is -2.34. The van der Waals surface area contributed by atoms with Crippen LogP contribution in [0.3, 0.4) is 0 Å². The molecule has 0 aromatic heterocycles. The molecule has 0 atom stereocenters. The third-order valence-corrected chi connectivity index (χ3v) is 22.7. The fraction of sp³-hybridized carbons (Fsp3) is 0.733. The van der Waals surface area contributed by atoms with Crippen LogP contribution in [0.25, 0.3) is 0 Å². The van der Waals surface area contributed by atoms with Gasteiger partial charge in [0.1, 0.15) is 11.5 Å². The molecule has 0 saturated heterocycles. The summed E-state index contributed by atoms with van der Waals surface area (Å²) in [6.07, 6.45) is 22.8. The first kappa shape index (κ1) is 67.2. The van der Waals surface area contributed by atoms with Crippen LogP contribution in [-0.4, -0.2) is 74.2 Å². The number of urea groups is 1. The number of carbonyl (C=O) groups excluding carboxylic acids is 4. The van der Waals surface area contributed by atoms with Gasteiger partial charge in [-0.15, -0.1) is 0 Å². The third-order valence-electron chi connectivity index (χ3n) is 15.2. The Bertz CT molecular complexity index is 1940. The molecule has 2 fully saturated rings. The first-order valence-corrected chi connectivity index (χ1v) is 35.3. The number of aryl methyl sites for hydroxylation is 4. The third kappa shape index (κ3) is 27.3. The molecule has 5 amide bonds. The van der Waals surface area contributed by atoms with Crippen molar-refractivity contribution in [3.63, 3.8) is 0 Å². The molecule has 0 radical (unpaired) electrons. The normalized spacial score (nSPS) is 17.8. The molecule has 0 bridgehead atoms. The van der Waals surface area contributed by atoms with Crippen LogP contribution in [0.5, 0.6) is 11.5 Å². The molecule has 2 aliphatic carbocycles. The smallest absolute Gasteiger partial charge is 0.414 e. The summed E-state index contributed by atoms with van der Waals surface area (Å²) in [6.45, 7) is 32.9. The van der Waals surface area contributed by atoms with Gasteiger partial charge in [0.05, 0.1) is 13.3 Å². The highest BCUT2D eigenvalue weighted by molar-refractivity contribution is 6.84. The molecular weight excluding hydrogens is 973 g/mol. The van der Waals surface area contributed by atoms with E-state index in [1.807, 2.05) is 59.0 Å². The van der Waals surface area contributed by atoms with E-state index in [-0.39, 0.29) is 25.3 Å². The lowest BCUT2D eigenvalue weighted by Crippen LogP contribution is -2.45. The number of carbonyl (C=O) groups is 4. The lowest BCUT2D eigenvalue weighted by atomic mass is 9.74. The van der Waals surface area contributed by atoms with Gasteiger partial charge in [0, 0.05) is 18.9 Å². The monoisotopic (exact) mass is 1080 g/mol. The van der Waals surface area contributed by atoms with Gasteiger partial charge in [-0.25, -0.2) is 14.4 Å². The van der Waals surface area contributed by atoms with E-state index >= 15 is 0 Å². The summed E-state index contributed by atoms with van der Waals surface area (Å²) in [4.78, 5) is 48.3. The van der Waals surface area contributed by atoms with E-state index < -0.39 is 34.2 Å². The maximum absolute atomic E-state index is 12.7. The van der Waals surface area contributed by atoms with Crippen LogP contribution < -0.4 is 41.4 Å². The number of amides is 5. The van der Waals surface area contributed by atoms with Crippen LogP contribution in [0.4, 0.5) is 14.4 Å². The molecule has 15 heteroatoms. The van der Waals surface area contributed by atoms with Crippen LogP contribution in [-0.2, 0) is 14.3 Å². The number of nitrogens with one attached hydrogen (secondary N) is 6. The lowest BCUT2D eigenvalue weighted by molar-refractivity contribution is -0.119. The van der Waals surface area contributed by atoms with Crippen molar-refractivity contribution in [3.05, 3.63) is 57.6 Å². The summed E-state index contributed by atoms with van der Waals surface area (Å²) in [7, 11) is -1.58. The molecule has 428 valence electrons. The number of rotatable bonds is 25. The molecule has 0 spiro atoms. The Kier molecular flexibility index (Phi) is 31.1. The van der Waals surface area contributed by atoms with Gasteiger partial charge >= 0.3 is 18.2 Å². The summed E-state index contributed by atoms with van der Waals surface area (Å²) >= 11 is 0. The minimum atomic E-state index is -1.84. The van der Waals surface area contributed by atoms with Crippen molar-refractivity contribution in [1.82, 2.24) is 31.9 Å². The summed E-state index contributed by atoms with van der Waals surface area (Å²) < 4.78 is 17.8. The Hall–Kier alpha value is -3.93. The average Bonchev–Trinajstić information content (AvgIpc) is 3.33. The Balaban J connectivity index is 0.000000678. The van der Waals surface area contributed by atoms with Crippen LogP contribution in [0.15, 0.2) is 24.3 Å². The zero-order chi connectivity index (χ0) is 56.2. The summed E-state index contributed by atoms with van der Waals surface area (Å²) in [5.41, 5.74) is 4.74. The maximum atomic E-state index is 12.7. The van der Waals surface area contributed by atoms with Crippen molar-refractivity contribution < 1.29 is 32.8 Å². The Labute approximate surface area is 458 Å². The summed E-state index contributed by atoms with van der Waals surface area (Å²) in [5.74, 6) is 4.88. The Morgan fingerprint density at radius 3 is 1.32 bits per heavy atom. The number of unbranched alkanes of at least 4 members (excludes halogenated alkanes) is 5. The highest BCUT2D eigenvalue weighted by Crippen LogP contribution is 2.40. The van der Waals surface area contributed by atoms with Crippen LogP contribution in [0, 0.1) is 51.4 Å². The van der Waals surface area contributed by atoms with E-state index in [2.05, 4.69) is 99.6 Å². The van der Waals surface area contributed by atoms with Gasteiger partial charge in [0.15, 0.2) is 16.6 Å². The van der Waals surface area contributed by atoms with E-state index in [0.717, 1.165) is 88.5 Å². The Morgan fingerprint density at radius 2 is 0.947 bits per heavy atom. The minimum absolute atomic E-state index is 0.0275. The number of hydrogen-bond acceptors (Lipinski definition) is 8. The molecule has 2 saturated carbocycles. The van der Waals surface area contributed by atoms with Crippen molar-refractivity contribution >= 4 is 40.8 Å². The fourth-order valence-electron chi connectivity index (χ4n) is 10.6. The van der Waals surface area contributed by atoms with Crippen LogP contribution in [0.1, 0.15) is 191 Å². The van der Waals surface area contributed by atoms with Crippen molar-refractivity contribution in [2.24, 2.45) is 23.7 Å². The second kappa shape index (κ2) is 34.8. The zero-order valence-corrected chi connectivity index (χ0v) is 52.2. The van der Waals surface area contributed by atoms with E-state index in [1.54, 1.807) is 6.42 Å². The highest BCUT2D eigenvalue weighted by atomic mass is 28.4. The second-order valence-electron chi connectivity index (χ2n) is 24.0. The van der Waals surface area contributed by atoms with Gasteiger partial charge in [0.25, 0.3) is 0 Å². The largest absolute Gasteiger partial charge is 0.455 e. The van der Waals surface area contributed by atoms with Gasteiger partial charge in [-0.1, -0.05) is 156 Å². The van der Waals surface area contributed by atoms with Gasteiger partial charge in [0.2, 0.25) is 5.91 Å².